The molecule has 0 aliphatic carbocycles. The van der Waals surface area contributed by atoms with Gasteiger partial charge in [0.1, 0.15) is 5.39 Å². The number of hydrogen-bond acceptors (Lipinski definition) is 5. The summed E-state index contributed by atoms with van der Waals surface area (Å²) < 4.78 is 3.43. The number of benzene rings is 1. The summed E-state index contributed by atoms with van der Waals surface area (Å²) >= 11 is 1.54. The van der Waals surface area contributed by atoms with Crippen LogP contribution in [0.15, 0.2) is 40.4 Å². The Bertz CT molecular complexity index is 1180. The third kappa shape index (κ3) is 3.33. The molecule has 1 amide bonds. The first-order chi connectivity index (χ1) is 14.5. The summed E-state index contributed by atoms with van der Waals surface area (Å²) in [5.41, 5.74) is 2.47. The van der Waals surface area contributed by atoms with E-state index in [1.165, 1.54) is 6.42 Å². The second kappa shape index (κ2) is 7.58. The molecular formula is C22H25N5O2S. The van der Waals surface area contributed by atoms with Crippen molar-refractivity contribution < 1.29 is 4.79 Å². The van der Waals surface area contributed by atoms with Crippen LogP contribution in [-0.4, -0.2) is 49.0 Å². The van der Waals surface area contributed by atoms with Gasteiger partial charge < -0.3 is 4.90 Å². The maximum atomic E-state index is 13.3. The second-order valence-electron chi connectivity index (χ2n) is 8.46. The van der Waals surface area contributed by atoms with Gasteiger partial charge in [-0.05, 0) is 43.4 Å². The first kappa shape index (κ1) is 19.4. The molecule has 1 fully saturated rings. The maximum absolute atomic E-state index is 13.3. The molecule has 8 heteroatoms. The number of carbonyl (C=O) groups excluding carboxylic acids is 1. The SMILES string of the molecule is Cc1cccc(-n2ncc3c(=O)n4c(nc32)SCC4CC(=O)N2CCCC(C)C2)c1. The van der Waals surface area contributed by atoms with Crippen molar-refractivity contribution in [3.05, 3.63) is 46.4 Å². The highest BCUT2D eigenvalue weighted by Gasteiger charge is 2.31. The highest BCUT2D eigenvalue weighted by molar-refractivity contribution is 7.99. The number of aryl methyl sites for hydroxylation is 1. The molecule has 0 saturated carbocycles. The highest BCUT2D eigenvalue weighted by Crippen LogP contribution is 2.34. The van der Waals surface area contributed by atoms with Crippen LogP contribution < -0.4 is 5.56 Å². The number of amides is 1. The summed E-state index contributed by atoms with van der Waals surface area (Å²) in [6, 6.07) is 7.82. The van der Waals surface area contributed by atoms with E-state index < -0.39 is 0 Å². The van der Waals surface area contributed by atoms with Crippen molar-refractivity contribution in [2.75, 3.05) is 18.8 Å². The molecule has 3 aromatic rings. The molecule has 0 radical (unpaired) electrons. The van der Waals surface area contributed by atoms with Crippen LogP contribution in [0.5, 0.6) is 0 Å². The third-order valence-electron chi connectivity index (χ3n) is 6.04. The van der Waals surface area contributed by atoms with Gasteiger partial charge in [0.2, 0.25) is 5.91 Å². The van der Waals surface area contributed by atoms with Gasteiger partial charge in [0, 0.05) is 25.3 Å². The van der Waals surface area contributed by atoms with E-state index >= 15 is 0 Å². The van der Waals surface area contributed by atoms with Gasteiger partial charge >= 0.3 is 0 Å². The molecule has 2 unspecified atom stereocenters. The number of thioether (sulfide) groups is 1. The molecule has 2 aromatic heterocycles. The molecule has 1 saturated heterocycles. The van der Waals surface area contributed by atoms with Crippen LogP contribution >= 0.6 is 11.8 Å². The van der Waals surface area contributed by atoms with Crippen molar-refractivity contribution in [1.29, 1.82) is 0 Å². The molecule has 7 nitrogen and oxygen atoms in total. The van der Waals surface area contributed by atoms with E-state index in [1.54, 1.807) is 27.2 Å². The van der Waals surface area contributed by atoms with Crippen LogP contribution in [0, 0.1) is 12.8 Å². The zero-order valence-corrected chi connectivity index (χ0v) is 18.1. The Hall–Kier alpha value is -2.61. The number of piperidine rings is 1. The van der Waals surface area contributed by atoms with Gasteiger partial charge in [-0.15, -0.1) is 0 Å². The molecule has 2 atom stereocenters. The number of rotatable bonds is 3. The van der Waals surface area contributed by atoms with Crippen LogP contribution in [0.4, 0.5) is 0 Å². The van der Waals surface area contributed by atoms with Gasteiger partial charge in [-0.3, -0.25) is 14.2 Å². The van der Waals surface area contributed by atoms with Gasteiger partial charge in [0.15, 0.2) is 10.8 Å². The molecule has 156 valence electrons. The number of carbonyl (C=O) groups is 1. The Morgan fingerprint density at radius 2 is 2.20 bits per heavy atom. The summed E-state index contributed by atoms with van der Waals surface area (Å²) in [6.45, 7) is 5.86. The van der Waals surface area contributed by atoms with Crippen molar-refractivity contribution in [2.45, 2.75) is 44.3 Å². The second-order valence-corrected chi connectivity index (χ2v) is 9.45. The fourth-order valence-corrected chi connectivity index (χ4v) is 5.61. The molecule has 4 heterocycles. The van der Waals surface area contributed by atoms with Crippen molar-refractivity contribution in [2.24, 2.45) is 5.92 Å². The summed E-state index contributed by atoms with van der Waals surface area (Å²) in [6.07, 6.45) is 4.18. The number of hydrogen-bond donors (Lipinski definition) is 0. The van der Waals surface area contributed by atoms with E-state index in [4.69, 9.17) is 4.98 Å². The molecular weight excluding hydrogens is 398 g/mol. The van der Waals surface area contributed by atoms with E-state index in [1.807, 2.05) is 36.1 Å². The predicted molar refractivity (Wildman–Crippen MR) is 117 cm³/mol. The Morgan fingerprint density at radius 3 is 3.00 bits per heavy atom. The van der Waals surface area contributed by atoms with E-state index in [9.17, 15) is 9.59 Å². The van der Waals surface area contributed by atoms with Gasteiger partial charge in [-0.2, -0.15) is 5.10 Å². The van der Waals surface area contributed by atoms with Crippen molar-refractivity contribution in [3.8, 4) is 5.69 Å². The smallest absolute Gasteiger partial charge is 0.265 e. The summed E-state index contributed by atoms with van der Waals surface area (Å²) in [5.74, 6) is 1.38. The Labute approximate surface area is 179 Å². The van der Waals surface area contributed by atoms with Gasteiger partial charge in [-0.25, -0.2) is 9.67 Å². The lowest BCUT2D eigenvalue weighted by Crippen LogP contribution is -2.40. The lowest BCUT2D eigenvalue weighted by atomic mass is 10.00. The monoisotopic (exact) mass is 423 g/mol. The number of nitrogens with zero attached hydrogens (tertiary/aromatic N) is 5. The van der Waals surface area contributed by atoms with Crippen molar-refractivity contribution in [1.82, 2.24) is 24.2 Å². The maximum Gasteiger partial charge on any atom is 0.265 e. The minimum absolute atomic E-state index is 0.108. The van der Waals surface area contributed by atoms with Crippen LogP contribution in [0.3, 0.4) is 0 Å². The topological polar surface area (TPSA) is 73.0 Å². The van der Waals surface area contributed by atoms with E-state index in [2.05, 4.69) is 12.0 Å². The van der Waals surface area contributed by atoms with Gasteiger partial charge in [-0.1, -0.05) is 30.8 Å². The van der Waals surface area contributed by atoms with E-state index in [0.717, 1.165) is 30.8 Å². The molecule has 1 aromatic carbocycles. The average molecular weight is 424 g/mol. The summed E-state index contributed by atoms with van der Waals surface area (Å²) in [7, 11) is 0. The van der Waals surface area contributed by atoms with Crippen LogP contribution in [-0.2, 0) is 4.79 Å². The largest absolute Gasteiger partial charge is 0.342 e. The summed E-state index contributed by atoms with van der Waals surface area (Å²) in [5, 5.41) is 5.60. The van der Waals surface area contributed by atoms with Crippen LogP contribution in [0.2, 0.25) is 0 Å². The first-order valence-electron chi connectivity index (χ1n) is 10.5. The number of aromatic nitrogens is 4. The highest BCUT2D eigenvalue weighted by atomic mass is 32.2. The van der Waals surface area contributed by atoms with Gasteiger partial charge in [0.25, 0.3) is 5.56 Å². The molecule has 0 bridgehead atoms. The molecule has 2 aliphatic rings. The minimum Gasteiger partial charge on any atom is -0.342 e. The zero-order chi connectivity index (χ0) is 20.8. The number of likely N-dealkylation sites (tertiary alicyclic amines) is 1. The van der Waals surface area contributed by atoms with E-state index in [-0.39, 0.29) is 17.5 Å². The molecule has 30 heavy (non-hydrogen) atoms. The van der Waals surface area contributed by atoms with Gasteiger partial charge in [0.05, 0.1) is 17.9 Å². The third-order valence-corrected chi connectivity index (χ3v) is 7.13. The molecule has 0 N–H and O–H groups in total. The lowest BCUT2D eigenvalue weighted by Gasteiger charge is -2.31. The fourth-order valence-electron chi connectivity index (χ4n) is 4.48. The van der Waals surface area contributed by atoms with Crippen molar-refractivity contribution in [3.63, 3.8) is 0 Å². The Balaban J connectivity index is 1.47. The Morgan fingerprint density at radius 1 is 1.33 bits per heavy atom. The van der Waals surface area contributed by atoms with Crippen molar-refractivity contribution >= 4 is 28.7 Å². The Kier molecular flexibility index (Phi) is 4.89. The first-order valence-corrected chi connectivity index (χ1v) is 11.5. The minimum atomic E-state index is -0.151. The standard InChI is InChI=1S/C22H25N5O2S/c1-14-5-3-7-16(9-14)27-20-18(11-23-27)21(29)26-17(13-30-22(26)24-20)10-19(28)25-8-4-6-15(2)12-25/h3,5,7,9,11,15,17H,4,6,8,10,12-13H2,1-2H3. The fraction of sp³-hybridized carbons (Fsp3) is 0.455. The average Bonchev–Trinajstić information content (AvgIpc) is 3.33. The molecule has 2 aliphatic heterocycles. The lowest BCUT2D eigenvalue weighted by molar-refractivity contribution is -0.133. The molecule has 0 spiro atoms. The molecule has 5 rings (SSSR count). The summed E-state index contributed by atoms with van der Waals surface area (Å²) in [4.78, 5) is 32.9. The number of fused-ring (bicyclic) bond motifs is 2. The normalized spacial score (nSPS) is 21.2. The van der Waals surface area contributed by atoms with E-state index in [0.29, 0.717) is 34.3 Å². The quantitative estimate of drug-likeness (QED) is 0.605. The van der Waals surface area contributed by atoms with Crippen LogP contribution in [0.25, 0.3) is 16.7 Å². The predicted octanol–water partition coefficient (Wildman–Crippen LogP) is 3.19. The van der Waals surface area contributed by atoms with Crippen LogP contribution in [0.1, 0.15) is 37.8 Å². The zero-order valence-electron chi connectivity index (χ0n) is 17.2.